The number of benzene rings is 2. The molecule has 0 radical (unpaired) electrons. The molecule has 9 atom stereocenters. The van der Waals surface area contributed by atoms with Crippen LogP contribution in [-0.4, -0.2) is 176 Å². The number of fused-ring (bicyclic) bond motifs is 1. The van der Waals surface area contributed by atoms with Gasteiger partial charge in [0.25, 0.3) is 0 Å². The topological polar surface area (TPSA) is 432 Å². The van der Waals surface area contributed by atoms with Crippen molar-refractivity contribution in [3.8, 4) is 5.75 Å². The molecule has 4 aromatic rings. The number of hydrogen-bond donors (Lipinski definition) is 15. The summed E-state index contributed by atoms with van der Waals surface area (Å²) in [4.78, 5) is 155. The molecule has 0 aliphatic carbocycles. The number of aliphatic hydroxyl groups excluding tert-OH is 1. The van der Waals surface area contributed by atoms with Crippen molar-refractivity contribution in [2.45, 2.75) is 160 Å². The molecular formula is C59H84N16O12. The SMILES string of the molecule is CCNC(=O)[C@@H]1CCCN1C(=O)[C@H](CCCN=C(N)N)NC(=O)[C@H](CC(C)C)NC(=O)[C@@H](CC(C)C)NC(=O)[C@H](Cc1ccc(O)cc1)NC(=O)[C@H](CO)NC(=O)[C@@H](Cc1c[nH]c2ccccc12)NC(=O)[C@H](Cc1cnc[nH]1)NC(=O)C1CCC(=O)N1. The number of nitrogens with one attached hydrogen (secondary N) is 11. The first-order chi connectivity index (χ1) is 41.5. The number of nitrogens with zero attached hydrogens (tertiary/aromatic N) is 3. The number of rotatable bonds is 32. The van der Waals surface area contributed by atoms with Crippen molar-refractivity contribution in [2.75, 3.05) is 26.2 Å². The zero-order chi connectivity index (χ0) is 63.3. The molecule has 28 nitrogen and oxygen atoms in total. The Morgan fingerprint density at radius 3 is 1.85 bits per heavy atom. The number of aromatic hydroxyl groups is 1. The van der Waals surface area contributed by atoms with Gasteiger partial charge in [0.2, 0.25) is 59.1 Å². The number of aromatic nitrogens is 3. The van der Waals surface area contributed by atoms with Crippen molar-refractivity contribution >= 4 is 75.9 Å². The number of imidazole rings is 1. The fraction of sp³-hybridized carbons (Fsp3) is 0.525. The van der Waals surface area contributed by atoms with Gasteiger partial charge in [0, 0.05) is 74.3 Å². The Hall–Kier alpha value is -9.08. The number of hydrogen-bond acceptors (Lipinski definition) is 14. The highest BCUT2D eigenvalue weighted by atomic mass is 16.3. The van der Waals surface area contributed by atoms with E-state index in [0.717, 1.165) is 5.52 Å². The summed E-state index contributed by atoms with van der Waals surface area (Å²) in [6.07, 6.45) is 5.80. The number of para-hydroxylation sites is 1. The number of aromatic amines is 2. The molecule has 472 valence electrons. The summed E-state index contributed by atoms with van der Waals surface area (Å²) in [7, 11) is 0. The van der Waals surface area contributed by atoms with E-state index >= 15 is 0 Å². The maximum atomic E-state index is 14.7. The number of guanidine groups is 1. The van der Waals surface area contributed by atoms with Crippen LogP contribution < -0.4 is 59.3 Å². The number of phenols is 1. The van der Waals surface area contributed by atoms with Crippen molar-refractivity contribution in [2.24, 2.45) is 28.3 Å². The third-order valence-electron chi connectivity index (χ3n) is 14.9. The molecule has 10 amide bonds. The van der Waals surface area contributed by atoms with Gasteiger partial charge in [0.05, 0.1) is 12.9 Å². The van der Waals surface area contributed by atoms with E-state index in [1.165, 1.54) is 41.7 Å². The van der Waals surface area contributed by atoms with E-state index in [9.17, 15) is 58.2 Å². The Labute approximate surface area is 504 Å². The quantitative estimate of drug-likeness (QED) is 0.0151. The fourth-order valence-corrected chi connectivity index (χ4v) is 10.5. The molecule has 2 aromatic heterocycles. The second-order valence-corrected chi connectivity index (χ2v) is 22.8. The monoisotopic (exact) mass is 1210 g/mol. The van der Waals surface area contributed by atoms with Crippen LogP contribution >= 0.6 is 0 Å². The van der Waals surface area contributed by atoms with Crippen LogP contribution in [0.2, 0.25) is 0 Å². The summed E-state index contributed by atoms with van der Waals surface area (Å²) in [5.74, 6) is -7.55. The van der Waals surface area contributed by atoms with Crippen molar-refractivity contribution in [3.05, 3.63) is 84.1 Å². The average molecular weight is 1210 g/mol. The predicted octanol–water partition coefficient (Wildman–Crippen LogP) is -1.44. The lowest BCUT2D eigenvalue weighted by molar-refractivity contribution is -0.142. The predicted molar refractivity (Wildman–Crippen MR) is 320 cm³/mol. The number of H-pyrrole nitrogens is 2. The summed E-state index contributed by atoms with van der Waals surface area (Å²) < 4.78 is 0. The van der Waals surface area contributed by atoms with Crippen LogP contribution in [0.4, 0.5) is 0 Å². The van der Waals surface area contributed by atoms with Gasteiger partial charge in [-0.1, -0.05) is 58.0 Å². The normalized spacial score (nSPS) is 17.1. The number of amides is 10. The molecule has 2 aliphatic heterocycles. The van der Waals surface area contributed by atoms with Crippen LogP contribution in [0.15, 0.2) is 72.2 Å². The molecule has 87 heavy (non-hydrogen) atoms. The van der Waals surface area contributed by atoms with Crippen molar-refractivity contribution in [3.63, 3.8) is 0 Å². The third-order valence-corrected chi connectivity index (χ3v) is 14.9. The molecule has 6 rings (SSSR count). The third kappa shape index (κ3) is 20.0. The van der Waals surface area contributed by atoms with Crippen LogP contribution in [-0.2, 0) is 67.2 Å². The van der Waals surface area contributed by atoms with E-state index in [1.807, 2.05) is 19.9 Å². The Balaban J connectivity index is 1.22. The first-order valence-electron chi connectivity index (χ1n) is 29.5. The zero-order valence-corrected chi connectivity index (χ0v) is 49.8. The lowest BCUT2D eigenvalue weighted by Crippen LogP contribution is -2.61. The molecule has 2 aliphatic rings. The van der Waals surface area contributed by atoms with Gasteiger partial charge in [-0.15, -0.1) is 0 Å². The fourth-order valence-electron chi connectivity index (χ4n) is 10.5. The van der Waals surface area contributed by atoms with Gasteiger partial charge < -0.3 is 84.4 Å². The van der Waals surface area contributed by atoms with Crippen LogP contribution in [0.25, 0.3) is 10.9 Å². The minimum atomic E-state index is -1.75. The average Bonchev–Trinajstić information content (AvgIpc) is 2.39. The lowest BCUT2D eigenvalue weighted by atomic mass is 9.98. The Kier molecular flexibility index (Phi) is 25.0. The molecule has 17 N–H and O–H groups in total. The van der Waals surface area contributed by atoms with Gasteiger partial charge in [-0.2, -0.15) is 0 Å². The minimum Gasteiger partial charge on any atom is -0.508 e. The van der Waals surface area contributed by atoms with Crippen molar-refractivity contribution in [1.82, 2.24) is 67.7 Å². The van der Waals surface area contributed by atoms with E-state index in [1.54, 1.807) is 45.2 Å². The second kappa shape index (κ2) is 32.4. The highest BCUT2D eigenvalue weighted by molar-refractivity contribution is 5.99. The molecule has 2 saturated heterocycles. The largest absolute Gasteiger partial charge is 0.508 e. The number of phenolic OH excluding ortho intramolecular Hbond substituents is 1. The number of likely N-dealkylation sites (tertiary alicyclic amines) is 1. The molecule has 0 bridgehead atoms. The number of nitrogens with two attached hydrogens (primary N) is 2. The van der Waals surface area contributed by atoms with E-state index in [4.69, 9.17) is 11.5 Å². The van der Waals surface area contributed by atoms with E-state index in [0.29, 0.717) is 41.6 Å². The van der Waals surface area contributed by atoms with Gasteiger partial charge in [0.15, 0.2) is 5.96 Å². The van der Waals surface area contributed by atoms with Crippen molar-refractivity contribution in [1.29, 1.82) is 0 Å². The van der Waals surface area contributed by atoms with Crippen LogP contribution in [0.3, 0.4) is 0 Å². The number of carbonyl (C=O) groups excluding carboxylic acids is 10. The molecule has 0 saturated carbocycles. The Bertz CT molecular complexity index is 3050. The number of aliphatic hydroxyl groups is 1. The molecule has 0 spiro atoms. The van der Waals surface area contributed by atoms with E-state index < -0.39 is 108 Å². The van der Waals surface area contributed by atoms with Gasteiger partial charge >= 0.3 is 0 Å². The van der Waals surface area contributed by atoms with E-state index in [2.05, 4.69) is 67.8 Å². The lowest BCUT2D eigenvalue weighted by Gasteiger charge is -2.31. The molecule has 2 aromatic carbocycles. The van der Waals surface area contributed by atoms with Gasteiger partial charge in [-0.25, -0.2) is 4.98 Å². The first kappa shape index (κ1) is 67.1. The smallest absolute Gasteiger partial charge is 0.245 e. The van der Waals surface area contributed by atoms with Crippen LogP contribution in [0.5, 0.6) is 5.75 Å². The zero-order valence-electron chi connectivity index (χ0n) is 49.8. The van der Waals surface area contributed by atoms with Crippen LogP contribution in [0, 0.1) is 11.8 Å². The second-order valence-electron chi connectivity index (χ2n) is 22.8. The van der Waals surface area contributed by atoms with E-state index in [-0.39, 0.29) is 106 Å². The summed E-state index contributed by atoms with van der Waals surface area (Å²) >= 11 is 0. The molecule has 4 heterocycles. The maximum absolute atomic E-state index is 14.7. The highest BCUT2D eigenvalue weighted by Gasteiger charge is 2.40. The van der Waals surface area contributed by atoms with Gasteiger partial charge in [0.1, 0.15) is 60.1 Å². The Morgan fingerprint density at radius 2 is 1.28 bits per heavy atom. The number of carbonyl (C=O) groups is 10. The minimum absolute atomic E-state index is 0.0397. The molecule has 2 fully saturated rings. The maximum Gasteiger partial charge on any atom is 0.245 e. The summed E-state index contributed by atoms with van der Waals surface area (Å²) in [6, 6.07) is 1.58. The van der Waals surface area contributed by atoms with Gasteiger partial charge in [-0.05, 0) is 93.0 Å². The first-order valence-corrected chi connectivity index (χ1v) is 29.5. The van der Waals surface area contributed by atoms with Crippen LogP contribution in [0.1, 0.15) is 103 Å². The molecule has 28 heteroatoms. The summed E-state index contributed by atoms with van der Waals surface area (Å²) in [6.45, 7) is 8.82. The number of likely N-dealkylation sites (N-methyl/N-ethyl adjacent to an activating group) is 1. The van der Waals surface area contributed by atoms with Crippen molar-refractivity contribution < 1.29 is 58.2 Å². The highest BCUT2D eigenvalue weighted by Crippen LogP contribution is 2.22. The Morgan fingerprint density at radius 1 is 0.701 bits per heavy atom. The molecule has 1 unspecified atom stereocenters. The summed E-state index contributed by atoms with van der Waals surface area (Å²) in [5, 5.41) is 45.9. The van der Waals surface area contributed by atoms with Gasteiger partial charge in [-0.3, -0.25) is 52.9 Å². The molecular weight excluding hydrogens is 1120 g/mol. The summed E-state index contributed by atoms with van der Waals surface area (Å²) in [5.41, 5.74) is 13.3. The number of aliphatic imine (C=N–C) groups is 1. The standard InChI is InChI=1S/C59H84N16O12/c1-6-63-57(86)48-14-10-22-75(48)58(87)41(13-9-21-64-59(60)61)68-51(80)42(23-32(2)3)69-52(81)43(24-33(4)5)70-53(82)44(25-34-15-17-37(77)18-16-34)71-56(85)47(30-76)74-54(83)45(26-35-28-65-39-12-8-7-11-38(35)39)72-55(84)46(27-36-29-62-31-66-36)73-50(79)40-19-20-49(78)67-40/h7-8,11-12,15-18,28-29,31-33,40-48,65,76-77H,6,9-10,13-14,19-27,30H2,1-5H3,(H,62,66)(H,63,86)(H,67,78)(H,68,80)(H,69,81)(H,70,82)(H,71,85)(H,72,84)(H,73,79)(H,74,83)(H4,60,61,64)/t40?,41-,42-,43+,44-,45+,46-,47-,48-/m0/s1.